The smallest absolute Gasteiger partial charge is 0.169 e. The van der Waals surface area contributed by atoms with Crippen LogP contribution in [-0.2, 0) is 14.6 Å². The lowest BCUT2D eigenvalue weighted by atomic mass is 9.99. The van der Waals surface area contributed by atoms with Gasteiger partial charge >= 0.3 is 0 Å². The molecule has 1 rings (SSSR count). The maximum Gasteiger partial charge on any atom is 0.169 e. The van der Waals surface area contributed by atoms with Crippen LogP contribution in [0.25, 0.3) is 0 Å². The predicted molar refractivity (Wildman–Crippen MR) is 61.6 cm³/mol. The molecule has 5 heteroatoms. The monoisotopic (exact) mass is 245 g/mol. The highest BCUT2D eigenvalue weighted by Crippen LogP contribution is 2.45. The molecule has 0 heterocycles. The molecule has 0 amide bonds. The minimum Gasteiger partial charge on any atom is -0.384 e. The van der Waals surface area contributed by atoms with Gasteiger partial charge in [-0.25, -0.2) is 8.42 Å². The zero-order valence-corrected chi connectivity index (χ0v) is 10.9. The van der Waals surface area contributed by atoms with E-state index in [0.717, 1.165) is 6.42 Å². The van der Waals surface area contributed by atoms with E-state index in [4.69, 9.17) is 4.74 Å². The molecule has 0 saturated heterocycles. The second kappa shape index (κ2) is 4.72. The molecular formula is C11H19NO3S. The van der Waals surface area contributed by atoms with Crippen molar-refractivity contribution < 1.29 is 13.2 Å². The summed E-state index contributed by atoms with van der Waals surface area (Å²) in [6.07, 6.45) is 1.16. The fourth-order valence-electron chi connectivity index (χ4n) is 2.68. The summed E-state index contributed by atoms with van der Waals surface area (Å²) in [5.74, 6) is 0.105. The van der Waals surface area contributed by atoms with Gasteiger partial charge in [0.1, 0.15) is 0 Å². The van der Waals surface area contributed by atoms with Gasteiger partial charge < -0.3 is 4.74 Å². The fourth-order valence-corrected chi connectivity index (χ4v) is 4.54. The molecule has 3 unspecified atom stereocenters. The summed E-state index contributed by atoms with van der Waals surface area (Å²) >= 11 is 0. The van der Waals surface area contributed by atoms with Gasteiger partial charge in [-0.2, -0.15) is 5.26 Å². The first kappa shape index (κ1) is 13.5. The molecule has 0 spiro atoms. The molecule has 0 aromatic rings. The molecule has 0 aliphatic heterocycles. The third-order valence-electron chi connectivity index (χ3n) is 3.60. The summed E-state index contributed by atoms with van der Waals surface area (Å²) in [4.78, 5) is 0. The first-order valence-corrected chi connectivity index (χ1v) is 7.21. The van der Waals surface area contributed by atoms with Crippen LogP contribution >= 0.6 is 0 Å². The average Bonchev–Trinajstić information content (AvgIpc) is 2.57. The molecular weight excluding hydrogens is 226 g/mol. The third kappa shape index (κ3) is 1.96. The number of hydrogen-bond acceptors (Lipinski definition) is 4. The Kier molecular flexibility index (Phi) is 3.97. The summed E-state index contributed by atoms with van der Waals surface area (Å²) in [6.45, 7) is 3.99. The standard InChI is InChI=1S/C11H19NO3S/c1-4-16(13,14)11(8-12)6-10(7-15-3)5-9(11)2/h9-10H,4-7H2,1-3H3. The molecule has 1 fully saturated rings. The van der Waals surface area contributed by atoms with Crippen LogP contribution < -0.4 is 0 Å². The number of nitrogens with zero attached hydrogens (tertiary/aromatic N) is 1. The Morgan fingerprint density at radius 1 is 1.56 bits per heavy atom. The van der Waals surface area contributed by atoms with Crippen molar-refractivity contribution in [1.29, 1.82) is 5.26 Å². The van der Waals surface area contributed by atoms with Gasteiger partial charge in [-0.05, 0) is 24.7 Å². The Bertz CT molecular complexity index is 385. The molecule has 0 N–H and O–H groups in total. The molecule has 0 aromatic carbocycles. The highest BCUT2D eigenvalue weighted by Gasteiger charge is 2.53. The lowest BCUT2D eigenvalue weighted by Gasteiger charge is -2.25. The second-order valence-corrected chi connectivity index (χ2v) is 7.10. The van der Waals surface area contributed by atoms with Crippen LogP contribution in [0.1, 0.15) is 26.7 Å². The van der Waals surface area contributed by atoms with Gasteiger partial charge in [0, 0.05) is 19.5 Å². The lowest BCUT2D eigenvalue weighted by molar-refractivity contribution is 0.153. The van der Waals surface area contributed by atoms with Gasteiger partial charge in [-0.15, -0.1) is 0 Å². The first-order valence-electron chi connectivity index (χ1n) is 5.56. The molecule has 16 heavy (non-hydrogen) atoms. The summed E-state index contributed by atoms with van der Waals surface area (Å²) < 4.78 is 28.0. The van der Waals surface area contributed by atoms with Crippen LogP contribution in [0.5, 0.6) is 0 Å². The summed E-state index contributed by atoms with van der Waals surface area (Å²) in [7, 11) is -1.72. The fraction of sp³-hybridized carbons (Fsp3) is 0.909. The zero-order valence-electron chi connectivity index (χ0n) is 10.1. The number of hydrogen-bond donors (Lipinski definition) is 0. The molecule has 1 aliphatic rings. The largest absolute Gasteiger partial charge is 0.384 e. The molecule has 0 aromatic heterocycles. The summed E-state index contributed by atoms with van der Waals surface area (Å²) in [5, 5.41) is 9.27. The molecule has 92 valence electrons. The number of nitriles is 1. The number of methoxy groups -OCH3 is 1. The van der Waals surface area contributed by atoms with Crippen LogP contribution in [0.3, 0.4) is 0 Å². The van der Waals surface area contributed by atoms with Crippen molar-refractivity contribution in [3.8, 4) is 6.07 Å². The number of rotatable bonds is 4. The molecule has 4 nitrogen and oxygen atoms in total. The van der Waals surface area contributed by atoms with E-state index >= 15 is 0 Å². The summed E-state index contributed by atoms with van der Waals surface area (Å²) in [6, 6.07) is 2.06. The quantitative estimate of drug-likeness (QED) is 0.750. The molecule has 1 saturated carbocycles. The Hall–Kier alpha value is -0.600. The van der Waals surface area contributed by atoms with E-state index in [1.165, 1.54) is 0 Å². The molecule has 1 aliphatic carbocycles. The van der Waals surface area contributed by atoms with Gasteiger partial charge in [0.05, 0.1) is 6.07 Å². The topological polar surface area (TPSA) is 67.2 Å². The van der Waals surface area contributed by atoms with E-state index < -0.39 is 14.6 Å². The minimum absolute atomic E-state index is 0.0323. The Morgan fingerprint density at radius 3 is 2.62 bits per heavy atom. The van der Waals surface area contributed by atoms with E-state index in [1.807, 2.05) is 6.92 Å². The van der Waals surface area contributed by atoms with Crippen molar-refractivity contribution in [1.82, 2.24) is 0 Å². The van der Waals surface area contributed by atoms with Crippen LogP contribution in [0.4, 0.5) is 0 Å². The van der Waals surface area contributed by atoms with Gasteiger partial charge in [-0.3, -0.25) is 0 Å². The van der Waals surface area contributed by atoms with E-state index in [9.17, 15) is 13.7 Å². The van der Waals surface area contributed by atoms with Crippen molar-refractivity contribution >= 4 is 9.84 Å². The van der Waals surface area contributed by atoms with Crippen molar-refractivity contribution in [3.05, 3.63) is 0 Å². The van der Waals surface area contributed by atoms with Gasteiger partial charge in [0.15, 0.2) is 14.6 Å². The van der Waals surface area contributed by atoms with Gasteiger partial charge in [0.2, 0.25) is 0 Å². The van der Waals surface area contributed by atoms with Crippen molar-refractivity contribution in [3.63, 3.8) is 0 Å². The maximum absolute atomic E-state index is 12.1. The van der Waals surface area contributed by atoms with Gasteiger partial charge in [-0.1, -0.05) is 13.8 Å². The van der Waals surface area contributed by atoms with Crippen molar-refractivity contribution in [2.75, 3.05) is 19.5 Å². The lowest BCUT2D eigenvalue weighted by Crippen LogP contribution is -2.41. The Morgan fingerprint density at radius 2 is 2.19 bits per heavy atom. The van der Waals surface area contributed by atoms with Crippen LogP contribution in [-0.4, -0.2) is 32.6 Å². The predicted octanol–water partition coefficient (Wildman–Crippen LogP) is 1.38. The zero-order chi connectivity index (χ0) is 12.4. The molecule has 0 bridgehead atoms. The molecule has 3 atom stereocenters. The minimum atomic E-state index is -3.33. The normalized spacial score (nSPS) is 34.9. The van der Waals surface area contributed by atoms with Crippen LogP contribution in [0.2, 0.25) is 0 Å². The number of ether oxygens (including phenoxy) is 1. The SMILES string of the molecule is CCS(=O)(=O)C1(C#N)CC(COC)CC1C. The van der Waals surface area contributed by atoms with E-state index in [2.05, 4.69) is 6.07 Å². The average molecular weight is 245 g/mol. The second-order valence-electron chi connectivity index (χ2n) is 4.57. The molecule has 0 radical (unpaired) electrons. The third-order valence-corrected chi connectivity index (χ3v) is 6.13. The Labute approximate surface area is 97.5 Å². The highest BCUT2D eigenvalue weighted by molar-refractivity contribution is 7.93. The maximum atomic E-state index is 12.1. The van der Waals surface area contributed by atoms with Crippen LogP contribution in [0, 0.1) is 23.2 Å². The van der Waals surface area contributed by atoms with Crippen LogP contribution in [0.15, 0.2) is 0 Å². The van der Waals surface area contributed by atoms with Crippen molar-refractivity contribution in [2.24, 2.45) is 11.8 Å². The first-order chi connectivity index (χ1) is 7.43. The van der Waals surface area contributed by atoms with Crippen molar-refractivity contribution in [2.45, 2.75) is 31.4 Å². The highest BCUT2D eigenvalue weighted by atomic mass is 32.2. The van der Waals surface area contributed by atoms with E-state index in [1.54, 1.807) is 14.0 Å². The van der Waals surface area contributed by atoms with Gasteiger partial charge in [0.25, 0.3) is 0 Å². The number of sulfone groups is 1. The Balaban J connectivity index is 3.04. The van der Waals surface area contributed by atoms with E-state index in [-0.39, 0.29) is 17.6 Å². The van der Waals surface area contributed by atoms with E-state index in [0.29, 0.717) is 13.0 Å². The summed E-state index contributed by atoms with van der Waals surface area (Å²) in [5.41, 5.74) is 0.